The molecular formula is C13H23NO3. The van der Waals surface area contributed by atoms with Gasteiger partial charge in [-0.1, -0.05) is 13.8 Å². The maximum absolute atomic E-state index is 12.0. The third-order valence-electron chi connectivity index (χ3n) is 4.50. The Balaban J connectivity index is 2.26. The zero-order valence-corrected chi connectivity index (χ0v) is 11.0. The summed E-state index contributed by atoms with van der Waals surface area (Å²) in [4.78, 5) is 12.0. The Morgan fingerprint density at radius 1 is 1.29 bits per heavy atom. The van der Waals surface area contributed by atoms with Gasteiger partial charge in [-0.15, -0.1) is 0 Å². The molecule has 1 saturated carbocycles. The molecule has 2 rings (SSSR count). The lowest BCUT2D eigenvalue weighted by molar-refractivity contribution is -0.193. The molecule has 4 nitrogen and oxygen atoms in total. The predicted molar refractivity (Wildman–Crippen MR) is 64.4 cm³/mol. The second-order valence-electron chi connectivity index (χ2n) is 6.06. The lowest BCUT2D eigenvalue weighted by Gasteiger charge is -2.54. The van der Waals surface area contributed by atoms with E-state index in [2.05, 4.69) is 19.2 Å². The Morgan fingerprint density at radius 3 is 2.18 bits per heavy atom. The maximum Gasteiger partial charge on any atom is 0.317 e. The molecule has 2 unspecified atom stereocenters. The quantitative estimate of drug-likeness (QED) is 0.706. The third kappa shape index (κ3) is 1.87. The number of carbonyl (C=O) groups excluding carboxylic acids is 1. The summed E-state index contributed by atoms with van der Waals surface area (Å²) in [5, 5.41) is 14.1. The maximum atomic E-state index is 12.0. The predicted octanol–water partition coefficient (Wildman–Crippen LogP) is 0.936. The van der Waals surface area contributed by atoms with Crippen LogP contribution in [0.25, 0.3) is 0 Å². The lowest BCUT2D eigenvalue weighted by atomic mass is 9.58. The third-order valence-corrected chi connectivity index (χ3v) is 4.50. The molecule has 1 aliphatic heterocycles. The van der Waals surface area contributed by atoms with Crippen molar-refractivity contribution < 1.29 is 14.6 Å². The van der Waals surface area contributed by atoms with Gasteiger partial charge in [-0.3, -0.25) is 4.79 Å². The molecule has 1 aliphatic carbocycles. The normalized spacial score (nSPS) is 40.5. The molecule has 1 heterocycles. The molecule has 17 heavy (non-hydrogen) atoms. The van der Waals surface area contributed by atoms with Gasteiger partial charge in [0.25, 0.3) is 0 Å². The highest BCUT2D eigenvalue weighted by molar-refractivity contribution is 5.80. The van der Waals surface area contributed by atoms with E-state index in [0.717, 1.165) is 6.42 Å². The Hall–Kier alpha value is -0.610. The van der Waals surface area contributed by atoms with Gasteiger partial charge in [0.1, 0.15) is 5.41 Å². The van der Waals surface area contributed by atoms with Crippen molar-refractivity contribution in [3.63, 3.8) is 0 Å². The van der Waals surface area contributed by atoms with Gasteiger partial charge in [-0.25, -0.2) is 0 Å². The number of hydrogen-bond donors (Lipinski definition) is 2. The van der Waals surface area contributed by atoms with Crippen LogP contribution in [0.4, 0.5) is 0 Å². The van der Waals surface area contributed by atoms with Gasteiger partial charge in [0.2, 0.25) is 0 Å². The van der Waals surface area contributed by atoms with E-state index < -0.39 is 11.0 Å². The number of rotatable bonds is 2. The molecule has 0 radical (unpaired) electrons. The summed E-state index contributed by atoms with van der Waals surface area (Å²) in [7, 11) is 1.40. The first-order chi connectivity index (χ1) is 7.93. The van der Waals surface area contributed by atoms with E-state index >= 15 is 0 Å². The highest BCUT2D eigenvalue weighted by Gasteiger charge is 2.61. The molecule has 2 fully saturated rings. The fourth-order valence-electron chi connectivity index (χ4n) is 3.71. The number of methoxy groups -OCH3 is 1. The van der Waals surface area contributed by atoms with Gasteiger partial charge < -0.3 is 15.2 Å². The van der Waals surface area contributed by atoms with Crippen LogP contribution in [-0.4, -0.2) is 36.9 Å². The fourth-order valence-corrected chi connectivity index (χ4v) is 3.71. The summed E-state index contributed by atoms with van der Waals surface area (Å²) in [6.07, 6.45) is 2.54. The summed E-state index contributed by atoms with van der Waals surface area (Å²) in [5.74, 6) is 0.664. The van der Waals surface area contributed by atoms with E-state index in [-0.39, 0.29) is 5.97 Å². The van der Waals surface area contributed by atoms with Crippen molar-refractivity contribution in [3.8, 4) is 0 Å². The standard InChI is InChI=1S/C13H23NO3/c1-9-4-10(2)6-13(16,5-9)12(7-14-8-12)11(15)17-3/h9-10,14,16H,4-8H2,1-3H3. The van der Waals surface area contributed by atoms with E-state index in [1.807, 2.05) is 0 Å². The summed E-state index contributed by atoms with van der Waals surface area (Å²) < 4.78 is 4.91. The smallest absolute Gasteiger partial charge is 0.317 e. The van der Waals surface area contributed by atoms with E-state index in [9.17, 15) is 9.90 Å². The number of ether oxygens (including phenoxy) is 1. The van der Waals surface area contributed by atoms with E-state index in [4.69, 9.17) is 4.74 Å². The van der Waals surface area contributed by atoms with Crippen LogP contribution in [0.2, 0.25) is 0 Å². The molecule has 2 N–H and O–H groups in total. The first kappa shape index (κ1) is 12.8. The molecule has 0 aromatic heterocycles. The Labute approximate surface area is 103 Å². The van der Waals surface area contributed by atoms with Crippen molar-refractivity contribution in [1.82, 2.24) is 5.32 Å². The second kappa shape index (κ2) is 4.25. The monoisotopic (exact) mass is 241 g/mol. The van der Waals surface area contributed by atoms with Crippen molar-refractivity contribution in [2.24, 2.45) is 17.3 Å². The fraction of sp³-hybridized carbons (Fsp3) is 0.923. The molecule has 0 spiro atoms. The minimum Gasteiger partial charge on any atom is -0.468 e. The van der Waals surface area contributed by atoms with Gasteiger partial charge in [-0.2, -0.15) is 0 Å². The lowest BCUT2D eigenvalue weighted by Crippen LogP contribution is -2.71. The number of aliphatic hydroxyl groups is 1. The minimum atomic E-state index is -0.900. The van der Waals surface area contributed by atoms with E-state index in [1.54, 1.807) is 0 Å². The van der Waals surface area contributed by atoms with Crippen LogP contribution in [-0.2, 0) is 9.53 Å². The highest BCUT2D eigenvalue weighted by atomic mass is 16.5. The van der Waals surface area contributed by atoms with Crippen LogP contribution in [0.3, 0.4) is 0 Å². The van der Waals surface area contributed by atoms with Crippen LogP contribution in [0.1, 0.15) is 33.1 Å². The molecule has 0 bridgehead atoms. The van der Waals surface area contributed by atoms with Gasteiger partial charge >= 0.3 is 5.97 Å². The van der Waals surface area contributed by atoms with E-state index in [1.165, 1.54) is 7.11 Å². The van der Waals surface area contributed by atoms with Gasteiger partial charge in [-0.05, 0) is 31.1 Å². The zero-order chi connectivity index (χ0) is 12.7. The van der Waals surface area contributed by atoms with Gasteiger partial charge in [0.05, 0.1) is 12.7 Å². The molecule has 0 aromatic rings. The number of nitrogens with one attached hydrogen (secondary N) is 1. The minimum absolute atomic E-state index is 0.264. The molecule has 1 saturated heterocycles. The zero-order valence-electron chi connectivity index (χ0n) is 11.0. The Morgan fingerprint density at radius 2 is 1.82 bits per heavy atom. The summed E-state index contributed by atoms with van der Waals surface area (Å²) >= 11 is 0. The molecule has 2 aliphatic rings. The first-order valence-corrected chi connectivity index (χ1v) is 6.45. The van der Waals surface area contributed by atoms with Crippen molar-refractivity contribution in [1.29, 1.82) is 0 Å². The molecule has 98 valence electrons. The largest absolute Gasteiger partial charge is 0.468 e. The number of hydrogen-bond acceptors (Lipinski definition) is 4. The van der Waals surface area contributed by atoms with Crippen LogP contribution in [0.5, 0.6) is 0 Å². The molecule has 0 aromatic carbocycles. The summed E-state index contributed by atoms with van der Waals surface area (Å²) in [6, 6.07) is 0. The molecule has 0 amide bonds. The van der Waals surface area contributed by atoms with Crippen molar-refractivity contribution >= 4 is 5.97 Å². The summed E-state index contributed by atoms with van der Waals surface area (Å²) in [6.45, 7) is 5.38. The van der Waals surface area contributed by atoms with Crippen LogP contribution in [0, 0.1) is 17.3 Å². The van der Waals surface area contributed by atoms with Crippen LogP contribution >= 0.6 is 0 Å². The topological polar surface area (TPSA) is 58.6 Å². The molecular weight excluding hydrogens is 218 g/mol. The first-order valence-electron chi connectivity index (χ1n) is 6.45. The van der Waals surface area contributed by atoms with E-state index in [0.29, 0.717) is 37.8 Å². The van der Waals surface area contributed by atoms with Gasteiger partial charge in [0, 0.05) is 13.1 Å². The Kier molecular flexibility index (Phi) is 3.21. The van der Waals surface area contributed by atoms with Crippen LogP contribution < -0.4 is 5.32 Å². The van der Waals surface area contributed by atoms with Crippen molar-refractivity contribution in [2.45, 2.75) is 38.7 Å². The van der Waals surface area contributed by atoms with Crippen LogP contribution in [0.15, 0.2) is 0 Å². The number of carbonyl (C=O) groups is 1. The second-order valence-corrected chi connectivity index (χ2v) is 6.06. The average Bonchev–Trinajstić information content (AvgIpc) is 2.12. The average molecular weight is 241 g/mol. The number of esters is 1. The summed E-state index contributed by atoms with van der Waals surface area (Å²) in [5.41, 5.74) is -1.62. The SMILES string of the molecule is COC(=O)C1(C2(O)CC(C)CC(C)C2)CNC1. The van der Waals surface area contributed by atoms with Crippen molar-refractivity contribution in [3.05, 3.63) is 0 Å². The van der Waals surface area contributed by atoms with Crippen molar-refractivity contribution in [2.75, 3.05) is 20.2 Å². The highest BCUT2D eigenvalue weighted by Crippen LogP contribution is 2.48. The Bertz CT molecular complexity index is 302. The van der Waals surface area contributed by atoms with Gasteiger partial charge in [0.15, 0.2) is 0 Å². The molecule has 4 heteroatoms. The molecule has 2 atom stereocenters.